The van der Waals surface area contributed by atoms with Crippen molar-refractivity contribution in [3.05, 3.63) is 58.6 Å². The summed E-state index contributed by atoms with van der Waals surface area (Å²) in [5.41, 5.74) is 1.60. The first-order valence-electron chi connectivity index (χ1n) is 7.94. The topological polar surface area (TPSA) is 59.8 Å². The minimum atomic E-state index is -0.118. The van der Waals surface area contributed by atoms with Crippen LogP contribution >= 0.6 is 35.0 Å². The van der Waals surface area contributed by atoms with Crippen molar-refractivity contribution >= 4 is 46.6 Å². The smallest absolute Gasteiger partial charge is 0.234 e. The van der Waals surface area contributed by atoms with Crippen LogP contribution in [-0.2, 0) is 11.3 Å². The summed E-state index contributed by atoms with van der Waals surface area (Å²) in [7, 11) is 0. The van der Waals surface area contributed by atoms with Gasteiger partial charge in [-0.15, -0.1) is 10.2 Å². The Kier molecular flexibility index (Phi) is 6.19. The first-order valence-corrected chi connectivity index (χ1v) is 9.68. The van der Waals surface area contributed by atoms with Crippen LogP contribution in [-0.4, -0.2) is 26.4 Å². The van der Waals surface area contributed by atoms with E-state index < -0.39 is 0 Å². The Hall–Kier alpha value is -2.02. The zero-order valence-electron chi connectivity index (χ0n) is 13.9. The van der Waals surface area contributed by atoms with E-state index in [0.717, 1.165) is 11.4 Å². The molecule has 0 saturated carbocycles. The third-order valence-corrected chi connectivity index (χ3v) is 5.03. The zero-order chi connectivity index (χ0) is 18.5. The molecular formula is C18H16Cl2N4OS. The summed E-state index contributed by atoms with van der Waals surface area (Å²) >= 11 is 13.2. The molecule has 0 aliphatic carbocycles. The van der Waals surface area contributed by atoms with Gasteiger partial charge in [-0.25, -0.2) is 0 Å². The summed E-state index contributed by atoms with van der Waals surface area (Å²) in [6.07, 6.45) is 0. The van der Waals surface area contributed by atoms with Crippen molar-refractivity contribution in [3.8, 4) is 11.4 Å². The second-order valence-electron chi connectivity index (χ2n) is 5.40. The molecule has 5 nitrogen and oxygen atoms in total. The number of carbonyl (C=O) groups is 1. The highest BCUT2D eigenvalue weighted by Gasteiger charge is 2.15. The number of carbonyl (C=O) groups excluding carboxylic acids is 1. The van der Waals surface area contributed by atoms with Gasteiger partial charge in [-0.2, -0.15) is 0 Å². The number of hydrogen-bond donors (Lipinski definition) is 1. The van der Waals surface area contributed by atoms with Crippen LogP contribution in [0.25, 0.3) is 11.4 Å². The fourth-order valence-corrected chi connectivity index (χ4v) is 3.50. The van der Waals surface area contributed by atoms with Crippen LogP contribution in [0, 0.1) is 0 Å². The molecule has 2 aromatic carbocycles. The summed E-state index contributed by atoms with van der Waals surface area (Å²) in [5, 5.41) is 13.3. The van der Waals surface area contributed by atoms with Gasteiger partial charge < -0.3 is 9.88 Å². The highest BCUT2D eigenvalue weighted by atomic mass is 35.5. The number of thioether (sulfide) groups is 1. The monoisotopic (exact) mass is 406 g/mol. The summed E-state index contributed by atoms with van der Waals surface area (Å²) in [6, 6.07) is 14.5. The number of benzene rings is 2. The zero-order valence-corrected chi connectivity index (χ0v) is 16.3. The predicted octanol–water partition coefficient (Wildman–Crippen LogP) is 5.00. The standard InChI is InChI=1S/C18H16Cl2N4OS/c1-2-24-17(12-4-3-5-14(20)10-12)22-23-18(24)26-11-16(25)21-15-8-6-13(19)7-9-15/h3-10H,2,11H2,1H3,(H,21,25). The summed E-state index contributed by atoms with van der Waals surface area (Å²) in [5.74, 6) is 0.846. The van der Waals surface area contributed by atoms with Crippen molar-refractivity contribution in [2.75, 3.05) is 11.1 Å². The van der Waals surface area contributed by atoms with E-state index >= 15 is 0 Å². The SMILES string of the molecule is CCn1c(SCC(=O)Nc2ccc(Cl)cc2)nnc1-c1cccc(Cl)c1. The second kappa shape index (κ2) is 8.58. The molecule has 0 atom stereocenters. The Bertz CT molecular complexity index is 912. The molecule has 0 spiro atoms. The van der Waals surface area contributed by atoms with E-state index in [1.165, 1.54) is 11.8 Å². The number of halogens is 2. The molecule has 0 fully saturated rings. The van der Waals surface area contributed by atoms with Crippen LogP contribution in [0.4, 0.5) is 5.69 Å². The number of rotatable bonds is 6. The third kappa shape index (κ3) is 4.58. The van der Waals surface area contributed by atoms with E-state index in [1.807, 2.05) is 35.8 Å². The van der Waals surface area contributed by atoms with Crippen molar-refractivity contribution in [3.63, 3.8) is 0 Å². The second-order valence-corrected chi connectivity index (χ2v) is 7.22. The third-order valence-electron chi connectivity index (χ3n) is 3.58. The Labute approximate surface area is 165 Å². The van der Waals surface area contributed by atoms with Crippen LogP contribution < -0.4 is 5.32 Å². The molecule has 3 rings (SSSR count). The van der Waals surface area contributed by atoms with Gasteiger partial charge in [-0.05, 0) is 43.3 Å². The summed E-state index contributed by atoms with van der Waals surface area (Å²) < 4.78 is 1.96. The minimum absolute atomic E-state index is 0.118. The van der Waals surface area contributed by atoms with Crippen LogP contribution in [0.5, 0.6) is 0 Å². The number of anilines is 1. The van der Waals surface area contributed by atoms with Crippen LogP contribution in [0.15, 0.2) is 53.7 Å². The van der Waals surface area contributed by atoms with Crippen molar-refractivity contribution in [1.29, 1.82) is 0 Å². The molecule has 26 heavy (non-hydrogen) atoms. The Morgan fingerprint density at radius 1 is 1.12 bits per heavy atom. The van der Waals surface area contributed by atoms with Gasteiger partial charge in [-0.1, -0.05) is 47.1 Å². The molecule has 0 saturated heterocycles. The highest BCUT2D eigenvalue weighted by molar-refractivity contribution is 7.99. The lowest BCUT2D eigenvalue weighted by Gasteiger charge is -2.08. The van der Waals surface area contributed by atoms with Gasteiger partial charge >= 0.3 is 0 Å². The number of amides is 1. The maximum atomic E-state index is 12.2. The van der Waals surface area contributed by atoms with Gasteiger partial charge in [0.2, 0.25) is 5.91 Å². The fourth-order valence-electron chi connectivity index (χ4n) is 2.38. The number of nitrogens with one attached hydrogen (secondary N) is 1. The van der Waals surface area contributed by atoms with Crippen LogP contribution in [0.2, 0.25) is 10.0 Å². The molecule has 0 unspecified atom stereocenters. The van der Waals surface area contributed by atoms with Crippen molar-refractivity contribution in [2.45, 2.75) is 18.6 Å². The number of hydrogen-bond acceptors (Lipinski definition) is 4. The van der Waals surface area contributed by atoms with Crippen molar-refractivity contribution < 1.29 is 4.79 Å². The highest BCUT2D eigenvalue weighted by Crippen LogP contribution is 2.26. The molecule has 3 aromatic rings. The molecule has 1 N–H and O–H groups in total. The Morgan fingerprint density at radius 2 is 1.88 bits per heavy atom. The van der Waals surface area contributed by atoms with Crippen LogP contribution in [0.1, 0.15) is 6.92 Å². The lowest BCUT2D eigenvalue weighted by molar-refractivity contribution is -0.113. The molecule has 0 radical (unpaired) electrons. The molecule has 0 aliphatic heterocycles. The molecule has 1 aromatic heterocycles. The van der Waals surface area contributed by atoms with Gasteiger partial charge in [0.25, 0.3) is 0 Å². The molecule has 0 aliphatic rings. The number of nitrogens with zero attached hydrogens (tertiary/aromatic N) is 3. The van der Waals surface area contributed by atoms with E-state index in [4.69, 9.17) is 23.2 Å². The maximum absolute atomic E-state index is 12.2. The molecule has 1 amide bonds. The Balaban J connectivity index is 1.68. The average Bonchev–Trinajstić information content (AvgIpc) is 3.05. The molecule has 8 heteroatoms. The molecule has 1 heterocycles. The minimum Gasteiger partial charge on any atom is -0.325 e. The van der Waals surface area contributed by atoms with Gasteiger partial charge in [0.1, 0.15) is 0 Å². The van der Waals surface area contributed by atoms with Gasteiger partial charge in [0.05, 0.1) is 5.75 Å². The van der Waals surface area contributed by atoms with Gasteiger partial charge in [-0.3, -0.25) is 4.79 Å². The summed E-state index contributed by atoms with van der Waals surface area (Å²) in [6.45, 7) is 2.70. The van der Waals surface area contributed by atoms with E-state index in [-0.39, 0.29) is 11.7 Å². The fraction of sp³-hybridized carbons (Fsp3) is 0.167. The lowest BCUT2D eigenvalue weighted by Crippen LogP contribution is -2.14. The van der Waals surface area contributed by atoms with Crippen molar-refractivity contribution in [2.24, 2.45) is 0 Å². The lowest BCUT2D eigenvalue weighted by atomic mass is 10.2. The number of aromatic nitrogens is 3. The van der Waals surface area contributed by atoms with Gasteiger partial charge in [0.15, 0.2) is 11.0 Å². The van der Waals surface area contributed by atoms with Crippen LogP contribution in [0.3, 0.4) is 0 Å². The maximum Gasteiger partial charge on any atom is 0.234 e. The summed E-state index contributed by atoms with van der Waals surface area (Å²) in [4.78, 5) is 12.2. The van der Waals surface area contributed by atoms with E-state index in [2.05, 4.69) is 15.5 Å². The average molecular weight is 407 g/mol. The predicted molar refractivity (Wildman–Crippen MR) is 107 cm³/mol. The largest absolute Gasteiger partial charge is 0.325 e. The molecule has 134 valence electrons. The Morgan fingerprint density at radius 3 is 2.58 bits per heavy atom. The van der Waals surface area contributed by atoms with E-state index in [0.29, 0.717) is 27.4 Å². The quantitative estimate of drug-likeness (QED) is 0.584. The van der Waals surface area contributed by atoms with E-state index in [9.17, 15) is 4.79 Å². The molecular weight excluding hydrogens is 391 g/mol. The van der Waals surface area contributed by atoms with Crippen molar-refractivity contribution in [1.82, 2.24) is 14.8 Å². The van der Waals surface area contributed by atoms with E-state index in [1.54, 1.807) is 24.3 Å². The first kappa shape index (κ1) is 18.8. The first-order chi connectivity index (χ1) is 12.6. The van der Waals surface area contributed by atoms with Gasteiger partial charge in [0, 0.05) is 27.8 Å². The normalized spacial score (nSPS) is 10.7. The molecule has 0 bridgehead atoms.